The number of piperazine rings is 1. The Kier molecular flexibility index (Phi) is 3.58. The first-order chi connectivity index (χ1) is 7.75. The fourth-order valence-corrected chi connectivity index (χ4v) is 1.96. The van der Waals surface area contributed by atoms with Crippen molar-refractivity contribution in [2.24, 2.45) is 5.73 Å². The maximum absolute atomic E-state index is 5.45. The van der Waals surface area contributed by atoms with Crippen LogP contribution in [0.4, 0.5) is 11.4 Å². The molecule has 0 bridgehead atoms. The summed E-state index contributed by atoms with van der Waals surface area (Å²) in [4.78, 5) is 2.35. The number of thiocarbonyl (C=S) groups is 1. The Morgan fingerprint density at radius 1 is 1.38 bits per heavy atom. The molecular weight excluding hydrogens is 220 g/mol. The maximum atomic E-state index is 5.45. The molecule has 1 aromatic rings. The third-order valence-corrected chi connectivity index (χ3v) is 2.70. The summed E-state index contributed by atoms with van der Waals surface area (Å²) in [5.74, 6) is 0. The Bertz CT molecular complexity index is 374. The molecule has 0 aromatic heterocycles. The Hall–Kier alpha value is -1.33. The van der Waals surface area contributed by atoms with Crippen LogP contribution in [0.15, 0.2) is 24.3 Å². The van der Waals surface area contributed by atoms with E-state index in [1.54, 1.807) is 0 Å². The highest BCUT2D eigenvalue weighted by Gasteiger charge is 2.10. The van der Waals surface area contributed by atoms with E-state index < -0.39 is 0 Å². The highest BCUT2D eigenvalue weighted by atomic mass is 32.1. The van der Waals surface area contributed by atoms with Crippen LogP contribution in [-0.2, 0) is 0 Å². The Morgan fingerprint density at radius 2 is 2.12 bits per heavy atom. The molecule has 2 rings (SSSR count). The topological polar surface area (TPSA) is 53.3 Å². The predicted molar refractivity (Wildman–Crippen MR) is 71.9 cm³/mol. The summed E-state index contributed by atoms with van der Waals surface area (Å²) in [6.07, 6.45) is 0. The van der Waals surface area contributed by atoms with E-state index in [0.29, 0.717) is 5.11 Å². The zero-order valence-electron chi connectivity index (χ0n) is 9.07. The molecule has 0 unspecified atom stereocenters. The average Bonchev–Trinajstić information content (AvgIpc) is 2.30. The van der Waals surface area contributed by atoms with Gasteiger partial charge in [-0.3, -0.25) is 0 Å². The molecule has 4 N–H and O–H groups in total. The lowest BCUT2D eigenvalue weighted by molar-refractivity contribution is 0.589. The molecule has 1 aliphatic rings. The lowest BCUT2D eigenvalue weighted by Gasteiger charge is -2.29. The van der Waals surface area contributed by atoms with Crippen molar-refractivity contribution in [3.8, 4) is 0 Å². The quantitative estimate of drug-likeness (QED) is 0.662. The fourth-order valence-electron chi connectivity index (χ4n) is 1.85. The van der Waals surface area contributed by atoms with Crippen LogP contribution in [0.2, 0.25) is 0 Å². The van der Waals surface area contributed by atoms with Gasteiger partial charge in [0.25, 0.3) is 0 Å². The van der Waals surface area contributed by atoms with Gasteiger partial charge >= 0.3 is 0 Å². The molecule has 0 spiro atoms. The summed E-state index contributed by atoms with van der Waals surface area (Å²) in [6, 6.07) is 8.16. The first-order valence-corrected chi connectivity index (χ1v) is 5.79. The molecule has 1 fully saturated rings. The SMILES string of the molecule is NC(=S)Nc1cccc(N2CCNCC2)c1. The molecule has 0 atom stereocenters. The fraction of sp³-hybridized carbons (Fsp3) is 0.364. The molecule has 0 radical (unpaired) electrons. The number of hydrogen-bond acceptors (Lipinski definition) is 3. The highest BCUT2D eigenvalue weighted by molar-refractivity contribution is 7.80. The number of hydrogen-bond donors (Lipinski definition) is 3. The molecule has 5 heteroatoms. The molecule has 1 aromatic carbocycles. The van der Waals surface area contributed by atoms with Crippen molar-refractivity contribution in [3.05, 3.63) is 24.3 Å². The van der Waals surface area contributed by atoms with Crippen molar-refractivity contribution in [2.45, 2.75) is 0 Å². The number of nitrogens with zero attached hydrogens (tertiary/aromatic N) is 1. The number of anilines is 2. The van der Waals surface area contributed by atoms with Gasteiger partial charge in [-0.15, -0.1) is 0 Å². The minimum Gasteiger partial charge on any atom is -0.376 e. The van der Waals surface area contributed by atoms with E-state index in [1.807, 2.05) is 12.1 Å². The van der Waals surface area contributed by atoms with Crippen LogP contribution < -0.4 is 21.3 Å². The van der Waals surface area contributed by atoms with Gasteiger partial charge in [0.1, 0.15) is 0 Å². The van der Waals surface area contributed by atoms with Crippen molar-refractivity contribution in [2.75, 3.05) is 36.4 Å². The summed E-state index contributed by atoms with van der Waals surface area (Å²) in [5, 5.41) is 6.59. The third-order valence-electron chi connectivity index (χ3n) is 2.60. The summed E-state index contributed by atoms with van der Waals surface area (Å²) in [6.45, 7) is 4.15. The molecule has 1 saturated heterocycles. The van der Waals surface area contributed by atoms with Gasteiger partial charge in [-0.05, 0) is 30.4 Å². The van der Waals surface area contributed by atoms with E-state index >= 15 is 0 Å². The van der Waals surface area contributed by atoms with Crippen molar-refractivity contribution in [1.82, 2.24) is 5.32 Å². The monoisotopic (exact) mass is 236 g/mol. The van der Waals surface area contributed by atoms with Crippen molar-refractivity contribution >= 4 is 28.7 Å². The van der Waals surface area contributed by atoms with E-state index in [0.717, 1.165) is 31.9 Å². The molecule has 1 aliphatic heterocycles. The summed E-state index contributed by atoms with van der Waals surface area (Å²) in [7, 11) is 0. The second kappa shape index (κ2) is 5.14. The molecule has 0 saturated carbocycles. The van der Waals surface area contributed by atoms with Gasteiger partial charge in [0.05, 0.1) is 0 Å². The molecule has 16 heavy (non-hydrogen) atoms. The number of rotatable bonds is 2. The highest BCUT2D eigenvalue weighted by Crippen LogP contribution is 2.19. The molecule has 0 aliphatic carbocycles. The first kappa shape index (κ1) is 11.2. The minimum absolute atomic E-state index is 0.303. The van der Waals surface area contributed by atoms with E-state index in [2.05, 4.69) is 27.7 Å². The van der Waals surface area contributed by atoms with Gasteiger partial charge < -0.3 is 21.3 Å². The molecular formula is C11H16N4S. The van der Waals surface area contributed by atoms with E-state index in [1.165, 1.54) is 5.69 Å². The van der Waals surface area contributed by atoms with Crippen LogP contribution in [0.5, 0.6) is 0 Å². The van der Waals surface area contributed by atoms with Gasteiger partial charge in [0, 0.05) is 37.6 Å². The second-order valence-corrected chi connectivity index (χ2v) is 4.22. The van der Waals surface area contributed by atoms with Crippen molar-refractivity contribution in [3.63, 3.8) is 0 Å². The molecule has 1 heterocycles. The molecule has 86 valence electrons. The van der Waals surface area contributed by atoms with Crippen LogP contribution in [0, 0.1) is 0 Å². The summed E-state index contributed by atoms with van der Waals surface area (Å²) in [5.41, 5.74) is 7.61. The van der Waals surface area contributed by atoms with Gasteiger partial charge in [0.2, 0.25) is 0 Å². The van der Waals surface area contributed by atoms with Crippen LogP contribution in [0.3, 0.4) is 0 Å². The molecule has 4 nitrogen and oxygen atoms in total. The third kappa shape index (κ3) is 2.84. The van der Waals surface area contributed by atoms with Gasteiger partial charge in [-0.25, -0.2) is 0 Å². The first-order valence-electron chi connectivity index (χ1n) is 5.38. The second-order valence-electron chi connectivity index (χ2n) is 3.78. The number of benzene rings is 1. The standard InChI is InChI=1S/C11H16N4S/c12-11(16)14-9-2-1-3-10(8-9)15-6-4-13-5-7-15/h1-3,8,13H,4-7H2,(H3,12,14,16). The van der Waals surface area contributed by atoms with E-state index in [4.69, 9.17) is 18.0 Å². The number of nitrogens with one attached hydrogen (secondary N) is 2. The van der Waals surface area contributed by atoms with Crippen LogP contribution >= 0.6 is 12.2 Å². The van der Waals surface area contributed by atoms with Gasteiger partial charge in [-0.2, -0.15) is 0 Å². The Labute approximate surface area is 101 Å². The average molecular weight is 236 g/mol. The van der Waals surface area contributed by atoms with E-state index in [9.17, 15) is 0 Å². The Morgan fingerprint density at radius 3 is 2.81 bits per heavy atom. The normalized spacial score (nSPS) is 15.9. The number of nitrogens with two attached hydrogens (primary N) is 1. The smallest absolute Gasteiger partial charge is 0.168 e. The van der Waals surface area contributed by atoms with Crippen LogP contribution in [0.25, 0.3) is 0 Å². The van der Waals surface area contributed by atoms with Crippen LogP contribution in [0.1, 0.15) is 0 Å². The zero-order chi connectivity index (χ0) is 11.4. The van der Waals surface area contributed by atoms with E-state index in [-0.39, 0.29) is 0 Å². The van der Waals surface area contributed by atoms with Gasteiger partial charge in [0.15, 0.2) is 5.11 Å². The summed E-state index contributed by atoms with van der Waals surface area (Å²) >= 11 is 4.82. The maximum Gasteiger partial charge on any atom is 0.168 e. The zero-order valence-corrected chi connectivity index (χ0v) is 9.89. The minimum atomic E-state index is 0.303. The Balaban J connectivity index is 2.11. The van der Waals surface area contributed by atoms with Crippen molar-refractivity contribution < 1.29 is 0 Å². The van der Waals surface area contributed by atoms with Crippen molar-refractivity contribution in [1.29, 1.82) is 0 Å². The lowest BCUT2D eigenvalue weighted by Crippen LogP contribution is -2.43. The summed E-state index contributed by atoms with van der Waals surface area (Å²) < 4.78 is 0. The largest absolute Gasteiger partial charge is 0.376 e. The van der Waals surface area contributed by atoms with Crippen LogP contribution in [-0.4, -0.2) is 31.3 Å². The predicted octanol–water partition coefficient (Wildman–Crippen LogP) is 0.752. The van der Waals surface area contributed by atoms with Gasteiger partial charge in [-0.1, -0.05) is 6.07 Å². The lowest BCUT2D eigenvalue weighted by atomic mass is 10.2. The molecule has 0 amide bonds.